The van der Waals surface area contributed by atoms with Crippen molar-refractivity contribution in [3.8, 4) is 0 Å². The lowest BCUT2D eigenvalue weighted by molar-refractivity contribution is 0.0323. The Labute approximate surface area is 101 Å². The Hall–Kier alpha value is -0.0800. The average Bonchev–Trinajstić information content (AvgIpc) is 2.35. The number of rotatable bonds is 6. The third kappa shape index (κ3) is 3.46. The van der Waals surface area contributed by atoms with Gasteiger partial charge in [-0.1, -0.05) is 46.0 Å². The van der Waals surface area contributed by atoms with Gasteiger partial charge < -0.3 is 10.5 Å². The summed E-state index contributed by atoms with van der Waals surface area (Å²) < 4.78 is 5.57. The van der Waals surface area contributed by atoms with Gasteiger partial charge in [0, 0.05) is 13.2 Å². The summed E-state index contributed by atoms with van der Waals surface area (Å²) in [7, 11) is 1.81. The molecule has 0 aromatic rings. The maximum Gasteiger partial charge on any atom is 0.0724 e. The maximum atomic E-state index is 6.43. The monoisotopic (exact) mass is 227 g/mol. The van der Waals surface area contributed by atoms with Crippen molar-refractivity contribution in [2.45, 2.75) is 70.9 Å². The minimum absolute atomic E-state index is 0.246. The van der Waals surface area contributed by atoms with Crippen molar-refractivity contribution in [3.05, 3.63) is 0 Å². The zero-order chi connectivity index (χ0) is 12.0. The fourth-order valence-corrected chi connectivity index (χ4v) is 3.28. The van der Waals surface area contributed by atoms with Gasteiger partial charge in [-0.05, 0) is 24.7 Å². The van der Waals surface area contributed by atoms with Crippen LogP contribution in [0, 0.1) is 11.8 Å². The van der Waals surface area contributed by atoms with Crippen LogP contribution in [-0.2, 0) is 4.74 Å². The van der Waals surface area contributed by atoms with Crippen molar-refractivity contribution in [3.63, 3.8) is 0 Å². The Balaban J connectivity index is 2.57. The topological polar surface area (TPSA) is 35.2 Å². The van der Waals surface area contributed by atoms with Crippen LogP contribution in [0.25, 0.3) is 0 Å². The molecule has 0 amide bonds. The molecule has 0 aromatic heterocycles. The molecule has 1 saturated carbocycles. The second kappa shape index (κ2) is 7.29. The minimum atomic E-state index is 0.246. The van der Waals surface area contributed by atoms with Crippen LogP contribution >= 0.6 is 0 Å². The predicted molar refractivity (Wildman–Crippen MR) is 69.4 cm³/mol. The molecule has 96 valence electrons. The van der Waals surface area contributed by atoms with Crippen LogP contribution in [0.5, 0.6) is 0 Å². The number of methoxy groups -OCH3 is 1. The molecule has 1 rings (SSSR count). The third-order valence-corrected chi connectivity index (χ3v) is 4.29. The van der Waals surface area contributed by atoms with Crippen LogP contribution < -0.4 is 5.73 Å². The summed E-state index contributed by atoms with van der Waals surface area (Å²) in [5, 5.41) is 0. The normalized spacial score (nSPS) is 30.0. The van der Waals surface area contributed by atoms with E-state index in [1.54, 1.807) is 0 Å². The average molecular weight is 227 g/mol. The largest absolute Gasteiger partial charge is 0.380 e. The Kier molecular flexibility index (Phi) is 6.37. The highest BCUT2D eigenvalue weighted by Gasteiger charge is 2.32. The Morgan fingerprint density at radius 2 is 1.94 bits per heavy atom. The second-order valence-corrected chi connectivity index (χ2v) is 5.26. The van der Waals surface area contributed by atoms with Crippen molar-refractivity contribution in [1.82, 2.24) is 0 Å². The van der Waals surface area contributed by atoms with Gasteiger partial charge >= 0.3 is 0 Å². The van der Waals surface area contributed by atoms with Crippen LogP contribution in [0.2, 0.25) is 0 Å². The molecule has 1 fully saturated rings. The molecule has 0 heterocycles. The van der Waals surface area contributed by atoms with Gasteiger partial charge in [-0.25, -0.2) is 0 Å². The second-order valence-electron chi connectivity index (χ2n) is 5.26. The standard InChI is InChI=1S/C14H29NO/c1-4-8-13(16-3)14(15)12-10-7-6-9-11(12)5-2/h11-14H,4-10,15H2,1-3H3. The lowest BCUT2D eigenvalue weighted by Crippen LogP contribution is -2.46. The van der Waals surface area contributed by atoms with Gasteiger partial charge in [-0.3, -0.25) is 0 Å². The fourth-order valence-electron chi connectivity index (χ4n) is 3.28. The molecule has 0 radical (unpaired) electrons. The van der Waals surface area contributed by atoms with Crippen LogP contribution in [0.3, 0.4) is 0 Å². The summed E-state index contributed by atoms with van der Waals surface area (Å²) in [6.45, 7) is 4.51. The van der Waals surface area contributed by atoms with Crippen LogP contribution in [0.15, 0.2) is 0 Å². The van der Waals surface area contributed by atoms with E-state index in [9.17, 15) is 0 Å². The highest BCUT2D eigenvalue weighted by molar-refractivity contribution is 4.87. The van der Waals surface area contributed by atoms with Crippen LogP contribution in [-0.4, -0.2) is 19.3 Å². The molecule has 0 spiro atoms. The highest BCUT2D eigenvalue weighted by Crippen LogP contribution is 2.35. The van der Waals surface area contributed by atoms with E-state index >= 15 is 0 Å². The van der Waals surface area contributed by atoms with Gasteiger partial charge in [-0.2, -0.15) is 0 Å². The van der Waals surface area contributed by atoms with Crippen LogP contribution in [0.1, 0.15) is 58.8 Å². The zero-order valence-corrected chi connectivity index (χ0v) is 11.2. The quantitative estimate of drug-likeness (QED) is 0.755. The van der Waals surface area contributed by atoms with Crippen molar-refractivity contribution < 1.29 is 4.74 Å². The van der Waals surface area contributed by atoms with Gasteiger partial charge in [0.2, 0.25) is 0 Å². The summed E-state index contributed by atoms with van der Waals surface area (Å²) in [5.74, 6) is 1.52. The molecule has 1 aliphatic rings. The van der Waals surface area contributed by atoms with Gasteiger partial charge in [0.05, 0.1) is 6.10 Å². The molecule has 16 heavy (non-hydrogen) atoms. The molecule has 2 nitrogen and oxygen atoms in total. The number of hydrogen-bond acceptors (Lipinski definition) is 2. The Morgan fingerprint density at radius 3 is 2.50 bits per heavy atom. The zero-order valence-electron chi connectivity index (χ0n) is 11.2. The Bertz CT molecular complexity index is 184. The number of ether oxygens (including phenoxy) is 1. The SMILES string of the molecule is CCCC(OC)C(N)C1CCCCC1CC. The number of nitrogens with two attached hydrogens (primary N) is 1. The smallest absolute Gasteiger partial charge is 0.0724 e. The summed E-state index contributed by atoms with van der Waals surface area (Å²) >= 11 is 0. The molecular weight excluding hydrogens is 198 g/mol. The summed E-state index contributed by atoms with van der Waals surface area (Å²) in [5.41, 5.74) is 6.43. The molecule has 2 N–H and O–H groups in total. The van der Waals surface area contributed by atoms with Crippen molar-refractivity contribution in [1.29, 1.82) is 0 Å². The molecule has 0 aliphatic heterocycles. The molecule has 4 atom stereocenters. The fraction of sp³-hybridized carbons (Fsp3) is 1.00. The van der Waals surface area contributed by atoms with E-state index in [2.05, 4.69) is 13.8 Å². The first-order chi connectivity index (χ1) is 7.74. The Morgan fingerprint density at radius 1 is 1.25 bits per heavy atom. The van der Waals surface area contributed by atoms with E-state index in [0.29, 0.717) is 5.92 Å². The molecule has 0 saturated heterocycles. The first-order valence-corrected chi connectivity index (χ1v) is 7.02. The number of hydrogen-bond donors (Lipinski definition) is 1. The van der Waals surface area contributed by atoms with Crippen molar-refractivity contribution in [2.24, 2.45) is 17.6 Å². The molecule has 0 aromatic carbocycles. The van der Waals surface area contributed by atoms with E-state index in [4.69, 9.17) is 10.5 Å². The minimum Gasteiger partial charge on any atom is -0.380 e. The highest BCUT2D eigenvalue weighted by atomic mass is 16.5. The first kappa shape index (κ1) is 14.0. The molecule has 0 bridgehead atoms. The van der Waals surface area contributed by atoms with E-state index in [0.717, 1.165) is 18.8 Å². The van der Waals surface area contributed by atoms with Crippen molar-refractivity contribution in [2.75, 3.05) is 7.11 Å². The lowest BCUT2D eigenvalue weighted by atomic mass is 9.72. The lowest BCUT2D eigenvalue weighted by Gasteiger charge is -2.38. The van der Waals surface area contributed by atoms with Gasteiger partial charge in [-0.15, -0.1) is 0 Å². The predicted octanol–water partition coefficient (Wildman–Crippen LogP) is 3.35. The molecule has 2 heteroatoms. The van der Waals surface area contributed by atoms with E-state index in [1.165, 1.54) is 32.1 Å². The van der Waals surface area contributed by atoms with Gasteiger partial charge in [0.25, 0.3) is 0 Å². The molecule has 1 aliphatic carbocycles. The van der Waals surface area contributed by atoms with E-state index in [1.807, 2.05) is 7.11 Å². The maximum absolute atomic E-state index is 6.43. The third-order valence-electron chi connectivity index (χ3n) is 4.29. The molecule has 4 unspecified atom stereocenters. The first-order valence-electron chi connectivity index (χ1n) is 7.02. The van der Waals surface area contributed by atoms with Gasteiger partial charge in [0.15, 0.2) is 0 Å². The van der Waals surface area contributed by atoms with Gasteiger partial charge in [0.1, 0.15) is 0 Å². The summed E-state index contributed by atoms with van der Waals surface area (Å²) in [6, 6.07) is 0.246. The summed E-state index contributed by atoms with van der Waals surface area (Å²) in [6.07, 6.45) is 9.24. The molecular formula is C14H29NO. The van der Waals surface area contributed by atoms with E-state index in [-0.39, 0.29) is 12.1 Å². The van der Waals surface area contributed by atoms with E-state index < -0.39 is 0 Å². The van der Waals surface area contributed by atoms with Crippen molar-refractivity contribution >= 4 is 0 Å². The van der Waals surface area contributed by atoms with Crippen LogP contribution in [0.4, 0.5) is 0 Å². The summed E-state index contributed by atoms with van der Waals surface area (Å²) in [4.78, 5) is 0.